The number of anilines is 1. The molecule has 0 spiro atoms. The van der Waals surface area contributed by atoms with Gasteiger partial charge < -0.3 is 9.73 Å². The van der Waals surface area contributed by atoms with Gasteiger partial charge in [-0.05, 0) is 51.0 Å². The van der Waals surface area contributed by atoms with Crippen LogP contribution in [0.4, 0.5) is 6.01 Å². The number of benzene rings is 1. The Morgan fingerprint density at radius 3 is 2.67 bits per heavy atom. The maximum absolute atomic E-state index is 5.96. The van der Waals surface area contributed by atoms with Crippen LogP contribution in [0, 0.1) is 13.8 Å². The van der Waals surface area contributed by atoms with Crippen molar-refractivity contribution in [2.45, 2.75) is 39.2 Å². The lowest BCUT2D eigenvalue weighted by atomic mass is 10.2. The van der Waals surface area contributed by atoms with Gasteiger partial charge in [-0.2, -0.15) is 5.10 Å². The smallest absolute Gasteiger partial charge is 0.315 e. The van der Waals surface area contributed by atoms with Crippen LogP contribution in [-0.4, -0.2) is 20.0 Å². The molecular formula is C17H18ClN5O. The molecule has 1 saturated carbocycles. The molecule has 6 nitrogen and oxygen atoms in total. The maximum atomic E-state index is 5.96. The Morgan fingerprint density at radius 2 is 1.96 bits per heavy atom. The van der Waals surface area contributed by atoms with Crippen molar-refractivity contribution in [3.63, 3.8) is 0 Å². The van der Waals surface area contributed by atoms with E-state index in [0.717, 1.165) is 41.4 Å². The third-order valence-corrected chi connectivity index (χ3v) is 4.55. The van der Waals surface area contributed by atoms with E-state index in [1.165, 1.54) is 0 Å². The normalized spacial score (nSPS) is 14.1. The third kappa shape index (κ3) is 2.89. The monoisotopic (exact) mass is 343 g/mol. The summed E-state index contributed by atoms with van der Waals surface area (Å²) in [5.74, 6) is 1.20. The molecule has 1 aliphatic carbocycles. The fourth-order valence-electron chi connectivity index (χ4n) is 2.73. The SMILES string of the molecule is Cc1nn(-c2ccc(Cl)cc2)c(C)c1CNc1nnc(C2CC2)o1. The van der Waals surface area contributed by atoms with Gasteiger partial charge in [-0.15, -0.1) is 5.10 Å². The molecule has 0 atom stereocenters. The molecule has 0 saturated heterocycles. The van der Waals surface area contributed by atoms with E-state index in [1.54, 1.807) is 0 Å². The van der Waals surface area contributed by atoms with Gasteiger partial charge >= 0.3 is 6.01 Å². The van der Waals surface area contributed by atoms with Gasteiger partial charge in [-0.1, -0.05) is 16.7 Å². The zero-order chi connectivity index (χ0) is 16.7. The lowest BCUT2D eigenvalue weighted by Crippen LogP contribution is -2.03. The van der Waals surface area contributed by atoms with E-state index in [2.05, 4.69) is 27.5 Å². The van der Waals surface area contributed by atoms with Crippen molar-refractivity contribution in [2.24, 2.45) is 0 Å². The average Bonchev–Trinajstić information content (AvgIpc) is 3.25. The van der Waals surface area contributed by atoms with Crippen molar-refractivity contribution in [1.82, 2.24) is 20.0 Å². The molecule has 0 unspecified atom stereocenters. The molecule has 1 N–H and O–H groups in total. The van der Waals surface area contributed by atoms with Gasteiger partial charge in [0.1, 0.15) is 0 Å². The predicted molar refractivity (Wildman–Crippen MR) is 91.6 cm³/mol. The molecule has 24 heavy (non-hydrogen) atoms. The van der Waals surface area contributed by atoms with Crippen LogP contribution in [0.5, 0.6) is 0 Å². The summed E-state index contributed by atoms with van der Waals surface area (Å²) in [4.78, 5) is 0. The number of hydrogen-bond donors (Lipinski definition) is 1. The van der Waals surface area contributed by atoms with Crippen LogP contribution in [0.2, 0.25) is 5.02 Å². The van der Waals surface area contributed by atoms with Gasteiger partial charge in [0.05, 0.1) is 11.4 Å². The largest absolute Gasteiger partial charge is 0.408 e. The standard InChI is InChI=1S/C17H18ClN5O/c1-10-15(9-19-17-21-20-16(24-17)12-3-4-12)11(2)23(22-10)14-7-5-13(18)6-8-14/h5-8,12H,3-4,9H2,1-2H3,(H,19,21). The lowest BCUT2D eigenvalue weighted by molar-refractivity contribution is 0.507. The van der Waals surface area contributed by atoms with Gasteiger partial charge in [-0.25, -0.2) is 4.68 Å². The molecule has 0 radical (unpaired) electrons. The van der Waals surface area contributed by atoms with Crippen LogP contribution in [-0.2, 0) is 6.54 Å². The average molecular weight is 344 g/mol. The van der Waals surface area contributed by atoms with Gasteiger partial charge in [-0.3, -0.25) is 0 Å². The lowest BCUT2D eigenvalue weighted by Gasteiger charge is -2.06. The van der Waals surface area contributed by atoms with E-state index in [1.807, 2.05) is 35.9 Å². The third-order valence-electron chi connectivity index (χ3n) is 4.30. The number of aromatic nitrogens is 4. The zero-order valence-electron chi connectivity index (χ0n) is 13.6. The van der Waals surface area contributed by atoms with Crippen LogP contribution in [0.1, 0.15) is 41.6 Å². The van der Waals surface area contributed by atoms with E-state index < -0.39 is 0 Å². The summed E-state index contributed by atoms with van der Waals surface area (Å²) in [6.07, 6.45) is 2.29. The second-order valence-electron chi connectivity index (χ2n) is 6.11. The highest BCUT2D eigenvalue weighted by atomic mass is 35.5. The molecule has 3 aromatic rings. The second-order valence-corrected chi connectivity index (χ2v) is 6.55. The molecule has 2 heterocycles. The second kappa shape index (κ2) is 5.94. The van der Waals surface area contributed by atoms with E-state index in [0.29, 0.717) is 23.5 Å². The molecule has 0 aliphatic heterocycles. The molecule has 1 aliphatic rings. The Hall–Kier alpha value is -2.34. The van der Waals surface area contributed by atoms with E-state index >= 15 is 0 Å². The van der Waals surface area contributed by atoms with Crippen molar-refractivity contribution in [3.8, 4) is 5.69 Å². The Morgan fingerprint density at radius 1 is 1.21 bits per heavy atom. The summed E-state index contributed by atoms with van der Waals surface area (Å²) in [6.45, 7) is 4.65. The Labute approximate surface area is 144 Å². The quantitative estimate of drug-likeness (QED) is 0.757. The molecule has 0 bridgehead atoms. The first kappa shape index (κ1) is 15.2. The van der Waals surface area contributed by atoms with Gasteiger partial charge in [0.2, 0.25) is 5.89 Å². The highest BCUT2D eigenvalue weighted by Gasteiger charge is 2.29. The first-order valence-electron chi connectivity index (χ1n) is 8.00. The minimum absolute atomic E-state index is 0.462. The van der Waals surface area contributed by atoms with Crippen LogP contribution in [0.15, 0.2) is 28.7 Å². The maximum Gasteiger partial charge on any atom is 0.315 e. The molecule has 7 heteroatoms. The first-order valence-corrected chi connectivity index (χ1v) is 8.38. The van der Waals surface area contributed by atoms with Gasteiger partial charge in [0, 0.05) is 28.7 Å². The molecule has 1 aromatic carbocycles. The van der Waals surface area contributed by atoms with E-state index in [-0.39, 0.29) is 0 Å². The minimum Gasteiger partial charge on any atom is -0.408 e. The fourth-order valence-corrected chi connectivity index (χ4v) is 2.86. The Kier molecular flexibility index (Phi) is 3.76. The summed E-state index contributed by atoms with van der Waals surface area (Å²) in [6, 6.07) is 8.11. The van der Waals surface area contributed by atoms with E-state index in [9.17, 15) is 0 Å². The van der Waals surface area contributed by atoms with Crippen molar-refractivity contribution in [1.29, 1.82) is 0 Å². The number of rotatable bonds is 5. The fraction of sp³-hybridized carbons (Fsp3) is 0.353. The van der Waals surface area contributed by atoms with Crippen LogP contribution < -0.4 is 5.32 Å². The molecule has 2 aromatic heterocycles. The molecule has 0 amide bonds. The van der Waals surface area contributed by atoms with Gasteiger partial charge in [0.25, 0.3) is 0 Å². The van der Waals surface area contributed by atoms with Crippen molar-refractivity contribution in [2.75, 3.05) is 5.32 Å². The van der Waals surface area contributed by atoms with Crippen LogP contribution in [0.25, 0.3) is 5.69 Å². The highest BCUT2D eigenvalue weighted by molar-refractivity contribution is 6.30. The molecule has 4 rings (SSSR count). The van der Waals surface area contributed by atoms with Crippen molar-refractivity contribution < 1.29 is 4.42 Å². The first-order chi connectivity index (χ1) is 11.6. The summed E-state index contributed by atoms with van der Waals surface area (Å²) >= 11 is 5.96. The summed E-state index contributed by atoms with van der Waals surface area (Å²) < 4.78 is 7.56. The summed E-state index contributed by atoms with van der Waals surface area (Å²) in [5.41, 5.74) is 4.15. The number of hydrogen-bond acceptors (Lipinski definition) is 5. The number of halogens is 1. The Bertz CT molecular complexity index is 864. The van der Waals surface area contributed by atoms with Crippen LogP contribution >= 0.6 is 11.6 Å². The Balaban J connectivity index is 1.53. The van der Waals surface area contributed by atoms with E-state index in [4.69, 9.17) is 16.0 Å². The minimum atomic E-state index is 0.462. The summed E-state index contributed by atoms with van der Waals surface area (Å²) in [5, 5.41) is 16.7. The molecule has 124 valence electrons. The predicted octanol–water partition coefficient (Wildman–Crippen LogP) is 4.02. The summed E-state index contributed by atoms with van der Waals surface area (Å²) in [7, 11) is 0. The molecular weight excluding hydrogens is 326 g/mol. The highest BCUT2D eigenvalue weighted by Crippen LogP contribution is 2.39. The van der Waals surface area contributed by atoms with Gasteiger partial charge in [0.15, 0.2) is 0 Å². The van der Waals surface area contributed by atoms with Crippen molar-refractivity contribution >= 4 is 17.6 Å². The number of nitrogens with zero attached hydrogens (tertiary/aromatic N) is 4. The number of nitrogens with one attached hydrogen (secondary N) is 1. The zero-order valence-corrected chi connectivity index (χ0v) is 14.3. The topological polar surface area (TPSA) is 68.8 Å². The molecule has 1 fully saturated rings. The van der Waals surface area contributed by atoms with Crippen molar-refractivity contribution in [3.05, 3.63) is 52.1 Å². The van der Waals surface area contributed by atoms with Crippen LogP contribution in [0.3, 0.4) is 0 Å². The number of aryl methyl sites for hydroxylation is 1.